The molecule has 0 saturated carbocycles. The molecule has 3 rings (SSSR count). The van der Waals surface area contributed by atoms with Crippen LogP contribution in [-0.4, -0.2) is 15.2 Å². The number of phenols is 2. The van der Waals surface area contributed by atoms with Crippen LogP contribution >= 0.6 is 11.3 Å². The Morgan fingerprint density at radius 2 is 1.83 bits per heavy atom. The van der Waals surface area contributed by atoms with Gasteiger partial charge in [-0.1, -0.05) is 0 Å². The molecule has 0 fully saturated rings. The van der Waals surface area contributed by atoms with Crippen LogP contribution in [0.3, 0.4) is 0 Å². The fourth-order valence-electron chi connectivity index (χ4n) is 1.68. The number of aromatic hydroxyl groups is 2. The van der Waals surface area contributed by atoms with Crippen molar-refractivity contribution in [2.45, 2.75) is 0 Å². The number of hydrogen-bond acceptors (Lipinski definition) is 4. The second kappa shape index (κ2) is 3.96. The van der Waals surface area contributed by atoms with Crippen molar-refractivity contribution in [3.63, 3.8) is 0 Å². The molecule has 0 bridgehead atoms. The zero-order valence-electron chi connectivity index (χ0n) is 9.09. The summed E-state index contributed by atoms with van der Waals surface area (Å²) in [4.78, 5) is 4.30. The van der Waals surface area contributed by atoms with Gasteiger partial charge in [0.1, 0.15) is 10.8 Å². The highest BCUT2D eigenvalue weighted by molar-refractivity contribution is 7.21. The molecule has 0 aliphatic heterocycles. The Labute approximate surface area is 106 Å². The Hall–Kier alpha value is -2.14. The summed E-state index contributed by atoms with van der Waals surface area (Å²) in [6.07, 6.45) is 0. The highest BCUT2D eigenvalue weighted by Gasteiger charge is 2.09. The summed E-state index contributed by atoms with van der Waals surface area (Å²) < 4.78 is 13.9. The molecular formula is C13H8FNO2S. The molecule has 0 unspecified atom stereocenters. The molecule has 0 spiro atoms. The summed E-state index contributed by atoms with van der Waals surface area (Å²) in [6, 6.07) is 8.92. The molecular weight excluding hydrogens is 253 g/mol. The van der Waals surface area contributed by atoms with Gasteiger partial charge in [0, 0.05) is 11.6 Å². The molecule has 1 aromatic heterocycles. The van der Waals surface area contributed by atoms with Crippen LogP contribution in [0.25, 0.3) is 20.8 Å². The van der Waals surface area contributed by atoms with Crippen molar-refractivity contribution in [2.24, 2.45) is 0 Å². The van der Waals surface area contributed by atoms with Crippen LogP contribution < -0.4 is 0 Å². The first kappa shape index (κ1) is 11.0. The minimum Gasteiger partial charge on any atom is -0.504 e. The number of fused-ring (bicyclic) bond motifs is 1. The van der Waals surface area contributed by atoms with E-state index in [4.69, 9.17) is 0 Å². The molecule has 1 heterocycles. The number of phenolic OH excluding ortho intramolecular Hbond substituents is 2. The van der Waals surface area contributed by atoms with E-state index in [9.17, 15) is 14.6 Å². The van der Waals surface area contributed by atoms with Crippen molar-refractivity contribution in [3.05, 3.63) is 42.2 Å². The maximum atomic E-state index is 13.1. The molecule has 0 aliphatic rings. The van der Waals surface area contributed by atoms with E-state index in [-0.39, 0.29) is 17.3 Å². The van der Waals surface area contributed by atoms with Gasteiger partial charge in [-0.2, -0.15) is 0 Å². The summed E-state index contributed by atoms with van der Waals surface area (Å²) >= 11 is 1.40. The predicted molar refractivity (Wildman–Crippen MR) is 68.3 cm³/mol. The van der Waals surface area contributed by atoms with Gasteiger partial charge in [-0.05, 0) is 30.3 Å². The second-order valence-electron chi connectivity index (χ2n) is 3.83. The third-order valence-corrected chi connectivity index (χ3v) is 3.66. The van der Waals surface area contributed by atoms with Crippen LogP contribution in [-0.2, 0) is 0 Å². The Morgan fingerprint density at radius 3 is 2.61 bits per heavy atom. The zero-order valence-corrected chi connectivity index (χ0v) is 9.91. The average molecular weight is 261 g/mol. The van der Waals surface area contributed by atoms with Crippen LogP contribution in [0.5, 0.6) is 11.5 Å². The van der Waals surface area contributed by atoms with Gasteiger partial charge in [-0.3, -0.25) is 0 Å². The molecule has 0 saturated heterocycles. The van der Waals surface area contributed by atoms with Gasteiger partial charge in [0.15, 0.2) is 11.5 Å². The van der Waals surface area contributed by atoms with Gasteiger partial charge >= 0.3 is 0 Å². The molecule has 5 heteroatoms. The zero-order chi connectivity index (χ0) is 12.7. The predicted octanol–water partition coefficient (Wildman–Crippen LogP) is 3.51. The number of aromatic nitrogens is 1. The summed E-state index contributed by atoms with van der Waals surface area (Å²) in [5.74, 6) is -0.697. The third kappa shape index (κ3) is 1.78. The molecule has 0 aliphatic carbocycles. The van der Waals surface area contributed by atoms with E-state index in [0.29, 0.717) is 16.1 Å². The highest BCUT2D eigenvalue weighted by atomic mass is 32.1. The summed E-state index contributed by atoms with van der Waals surface area (Å²) in [5.41, 5.74) is 1.27. The summed E-state index contributed by atoms with van der Waals surface area (Å²) in [6.45, 7) is 0. The van der Waals surface area contributed by atoms with Crippen molar-refractivity contribution in [3.8, 4) is 22.1 Å². The van der Waals surface area contributed by atoms with Crippen LogP contribution in [0.15, 0.2) is 36.4 Å². The van der Waals surface area contributed by atoms with Crippen molar-refractivity contribution < 1.29 is 14.6 Å². The summed E-state index contributed by atoms with van der Waals surface area (Å²) in [5, 5.41) is 19.4. The number of thiazole rings is 1. The molecule has 2 N–H and O–H groups in total. The Bertz CT molecular complexity index is 739. The molecule has 0 radical (unpaired) electrons. The number of benzene rings is 2. The minimum absolute atomic E-state index is 0.175. The van der Waals surface area contributed by atoms with E-state index in [2.05, 4.69) is 4.98 Å². The normalized spacial score (nSPS) is 10.9. The fourth-order valence-corrected chi connectivity index (χ4v) is 2.62. The van der Waals surface area contributed by atoms with Crippen LogP contribution in [0.2, 0.25) is 0 Å². The number of nitrogens with zero attached hydrogens (tertiary/aromatic N) is 1. The minimum atomic E-state index is -0.326. The smallest absolute Gasteiger partial charge is 0.158 e. The number of hydrogen-bond donors (Lipinski definition) is 2. The molecule has 3 nitrogen and oxygen atoms in total. The topological polar surface area (TPSA) is 53.4 Å². The maximum absolute atomic E-state index is 13.1. The Morgan fingerprint density at radius 1 is 1.00 bits per heavy atom. The van der Waals surface area contributed by atoms with E-state index >= 15 is 0 Å². The van der Waals surface area contributed by atoms with Gasteiger partial charge < -0.3 is 10.2 Å². The lowest BCUT2D eigenvalue weighted by molar-refractivity contribution is 0.404. The Balaban J connectivity index is 2.16. The van der Waals surface area contributed by atoms with Gasteiger partial charge in [-0.15, -0.1) is 11.3 Å². The molecule has 0 atom stereocenters. The lowest BCUT2D eigenvalue weighted by Gasteiger charge is -1.99. The number of rotatable bonds is 1. The van der Waals surface area contributed by atoms with E-state index in [0.717, 1.165) is 4.70 Å². The first-order valence-electron chi connectivity index (χ1n) is 5.22. The molecule has 3 aromatic rings. The standard InChI is InChI=1S/C13H8FNO2S/c14-8-2-4-12-9(6-8)15-13(18-12)7-1-3-10(16)11(17)5-7/h1-6,16-17H. The SMILES string of the molecule is Oc1ccc(-c2nc3cc(F)ccc3s2)cc1O. The Kier molecular flexibility index (Phi) is 2.41. The first-order chi connectivity index (χ1) is 8.63. The van der Waals surface area contributed by atoms with Gasteiger partial charge in [0.05, 0.1) is 10.2 Å². The first-order valence-corrected chi connectivity index (χ1v) is 6.03. The third-order valence-electron chi connectivity index (χ3n) is 2.57. The van der Waals surface area contributed by atoms with E-state index in [1.165, 1.54) is 35.6 Å². The molecule has 2 aromatic carbocycles. The fraction of sp³-hybridized carbons (Fsp3) is 0. The lowest BCUT2D eigenvalue weighted by atomic mass is 10.2. The van der Waals surface area contributed by atoms with E-state index in [1.54, 1.807) is 12.1 Å². The van der Waals surface area contributed by atoms with Crippen molar-refractivity contribution in [2.75, 3.05) is 0 Å². The molecule has 90 valence electrons. The van der Waals surface area contributed by atoms with Crippen LogP contribution in [0, 0.1) is 5.82 Å². The van der Waals surface area contributed by atoms with E-state index < -0.39 is 0 Å². The van der Waals surface area contributed by atoms with Crippen molar-refractivity contribution >= 4 is 21.6 Å². The highest BCUT2D eigenvalue weighted by Crippen LogP contribution is 2.34. The van der Waals surface area contributed by atoms with E-state index in [1.807, 2.05) is 0 Å². The molecule has 0 amide bonds. The number of halogens is 1. The van der Waals surface area contributed by atoms with Crippen molar-refractivity contribution in [1.82, 2.24) is 4.98 Å². The van der Waals surface area contributed by atoms with Crippen LogP contribution in [0.4, 0.5) is 4.39 Å². The summed E-state index contributed by atoms with van der Waals surface area (Å²) in [7, 11) is 0. The van der Waals surface area contributed by atoms with Crippen LogP contribution in [0.1, 0.15) is 0 Å². The lowest BCUT2D eigenvalue weighted by Crippen LogP contribution is -1.77. The maximum Gasteiger partial charge on any atom is 0.158 e. The second-order valence-corrected chi connectivity index (χ2v) is 4.87. The van der Waals surface area contributed by atoms with Gasteiger partial charge in [0.2, 0.25) is 0 Å². The largest absolute Gasteiger partial charge is 0.504 e. The quantitative estimate of drug-likeness (QED) is 0.659. The van der Waals surface area contributed by atoms with Gasteiger partial charge in [-0.25, -0.2) is 9.37 Å². The van der Waals surface area contributed by atoms with Gasteiger partial charge in [0.25, 0.3) is 0 Å². The average Bonchev–Trinajstić information content (AvgIpc) is 2.75. The monoisotopic (exact) mass is 261 g/mol. The molecule has 18 heavy (non-hydrogen) atoms. The van der Waals surface area contributed by atoms with Crippen molar-refractivity contribution in [1.29, 1.82) is 0 Å².